The van der Waals surface area contributed by atoms with E-state index in [1.807, 2.05) is 6.92 Å². The molecule has 0 aliphatic carbocycles. The second-order valence-electron chi connectivity index (χ2n) is 5.01. The average Bonchev–Trinajstić information content (AvgIpc) is 2.30. The Labute approximate surface area is 117 Å². The molecule has 0 bridgehead atoms. The summed E-state index contributed by atoms with van der Waals surface area (Å²) < 4.78 is 0. The van der Waals surface area contributed by atoms with Crippen molar-refractivity contribution in [2.45, 2.75) is 13.8 Å². The third kappa shape index (κ3) is 2.59. The molecule has 1 amide bonds. The van der Waals surface area contributed by atoms with E-state index in [4.69, 9.17) is 16.7 Å². The van der Waals surface area contributed by atoms with Gasteiger partial charge in [0.25, 0.3) is 5.91 Å². The number of nitrogens with zero attached hydrogens (tertiary/aromatic N) is 1. The number of likely N-dealkylation sites (tertiary alicyclic amines) is 1. The minimum absolute atomic E-state index is 0.0425. The predicted octanol–water partition coefficient (Wildman–Crippen LogP) is 2.44. The molecule has 5 heteroatoms. The van der Waals surface area contributed by atoms with Gasteiger partial charge < -0.3 is 10.0 Å². The van der Waals surface area contributed by atoms with Crippen molar-refractivity contribution in [3.63, 3.8) is 0 Å². The third-order valence-corrected chi connectivity index (χ3v) is 4.20. The van der Waals surface area contributed by atoms with Crippen LogP contribution in [0.3, 0.4) is 0 Å². The maximum Gasteiger partial charge on any atom is 0.306 e. The van der Waals surface area contributed by atoms with Gasteiger partial charge in [0.2, 0.25) is 0 Å². The number of carbonyl (C=O) groups is 2. The highest BCUT2D eigenvalue weighted by Crippen LogP contribution is 2.27. The molecule has 1 aliphatic heterocycles. The highest BCUT2D eigenvalue weighted by atomic mass is 35.5. The van der Waals surface area contributed by atoms with Crippen molar-refractivity contribution < 1.29 is 14.7 Å². The minimum atomic E-state index is -0.809. The second-order valence-corrected chi connectivity index (χ2v) is 5.42. The van der Waals surface area contributed by atoms with Crippen molar-refractivity contribution in [1.82, 2.24) is 4.90 Å². The molecule has 102 valence electrons. The summed E-state index contributed by atoms with van der Waals surface area (Å²) >= 11 is 6.00. The van der Waals surface area contributed by atoms with Gasteiger partial charge in [-0.05, 0) is 24.6 Å². The molecule has 1 fully saturated rings. The van der Waals surface area contributed by atoms with E-state index < -0.39 is 11.9 Å². The lowest BCUT2D eigenvalue weighted by Gasteiger charge is -2.41. The molecule has 1 aromatic rings. The molecule has 1 atom stereocenters. The number of carboxylic acids is 1. The number of halogens is 1. The van der Waals surface area contributed by atoms with E-state index in [0.717, 1.165) is 5.56 Å². The maximum atomic E-state index is 12.3. The molecule has 0 spiro atoms. The van der Waals surface area contributed by atoms with E-state index in [2.05, 4.69) is 0 Å². The fourth-order valence-corrected chi connectivity index (χ4v) is 2.38. The number of amides is 1. The van der Waals surface area contributed by atoms with Crippen LogP contribution in [-0.4, -0.2) is 35.0 Å². The van der Waals surface area contributed by atoms with E-state index in [9.17, 15) is 9.59 Å². The summed E-state index contributed by atoms with van der Waals surface area (Å²) in [6.07, 6.45) is 0. The Morgan fingerprint density at radius 1 is 1.42 bits per heavy atom. The lowest BCUT2D eigenvalue weighted by Crippen LogP contribution is -2.53. The summed E-state index contributed by atoms with van der Waals surface area (Å²) in [4.78, 5) is 24.8. The Balaban J connectivity index is 2.04. The molecule has 2 rings (SSSR count). The smallest absolute Gasteiger partial charge is 0.306 e. The van der Waals surface area contributed by atoms with Crippen molar-refractivity contribution >= 4 is 23.5 Å². The number of carboxylic acid groups (broad SMARTS) is 1. The average molecular weight is 282 g/mol. The van der Waals surface area contributed by atoms with Crippen LogP contribution in [0.1, 0.15) is 22.8 Å². The lowest BCUT2D eigenvalue weighted by atomic mass is 9.86. The van der Waals surface area contributed by atoms with Crippen LogP contribution in [0.25, 0.3) is 0 Å². The van der Waals surface area contributed by atoms with Crippen LogP contribution >= 0.6 is 11.6 Å². The summed E-state index contributed by atoms with van der Waals surface area (Å²) in [6.45, 7) is 4.49. The topological polar surface area (TPSA) is 57.6 Å². The van der Waals surface area contributed by atoms with Crippen LogP contribution in [0.5, 0.6) is 0 Å². The lowest BCUT2D eigenvalue weighted by molar-refractivity contribution is -0.144. The van der Waals surface area contributed by atoms with Gasteiger partial charge in [-0.2, -0.15) is 0 Å². The molecule has 1 aromatic carbocycles. The second kappa shape index (κ2) is 5.21. The Morgan fingerprint density at radius 2 is 2.05 bits per heavy atom. The minimum Gasteiger partial charge on any atom is -0.481 e. The Hall–Kier alpha value is -1.55. The van der Waals surface area contributed by atoms with Gasteiger partial charge in [0.15, 0.2) is 0 Å². The fourth-order valence-electron chi connectivity index (χ4n) is 2.21. The molecule has 1 heterocycles. The van der Waals surface area contributed by atoms with Gasteiger partial charge in [-0.1, -0.05) is 24.6 Å². The van der Waals surface area contributed by atoms with E-state index in [0.29, 0.717) is 23.7 Å². The van der Waals surface area contributed by atoms with Crippen LogP contribution in [0, 0.1) is 18.8 Å². The van der Waals surface area contributed by atoms with E-state index >= 15 is 0 Å². The van der Waals surface area contributed by atoms with Crippen LogP contribution < -0.4 is 0 Å². The molecule has 0 saturated carbocycles. The van der Waals surface area contributed by atoms with Gasteiger partial charge >= 0.3 is 5.97 Å². The van der Waals surface area contributed by atoms with Gasteiger partial charge in [-0.15, -0.1) is 0 Å². The fraction of sp³-hybridized carbons (Fsp3) is 0.429. The first-order valence-electron chi connectivity index (χ1n) is 6.19. The molecular formula is C14H16ClNO3. The summed E-state index contributed by atoms with van der Waals surface area (Å²) in [5.41, 5.74) is 1.36. The Bertz CT molecular complexity index is 523. The van der Waals surface area contributed by atoms with Gasteiger partial charge in [0.05, 0.1) is 5.92 Å². The monoisotopic (exact) mass is 281 g/mol. The number of hydrogen-bond acceptors (Lipinski definition) is 2. The highest BCUT2D eigenvalue weighted by Gasteiger charge is 2.37. The molecular weight excluding hydrogens is 266 g/mol. The number of hydrogen-bond donors (Lipinski definition) is 1. The van der Waals surface area contributed by atoms with Gasteiger partial charge in [0, 0.05) is 29.6 Å². The summed E-state index contributed by atoms with van der Waals surface area (Å²) in [7, 11) is 0. The molecule has 0 aromatic heterocycles. The zero-order chi connectivity index (χ0) is 14.2. The zero-order valence-electron chi connectivity index (χ0n) is 10.9. The maximum absolute atomic E-state index is 12.3. The molecule has 1 aliphatic rings. The first kappa shape index (κ1) is 13.9. The van der Waals surface area contributed by atoms with Gasteiger partial charge in [-0.3, -0.25) is 9.59 Å². The van der Waals surface area contributed by atoms with Crippen molar-refractivity contribution in [2.24, 2.45) is 11.8 Å². The Kier molecular flexibility index (Phi) is 3.80. The Morgan fingerprint density at radius 3 is 2.63 bits per heavy atom. The molecule has 19 heavy (non-hydrogen) atoms. The van der Waals surface area contributed by atoms with Crippen LogP contribution in [-0.2, 0) is 4.79 Å². The quantitative estimate of drug-likeness (QED) is 0.926. The zero-order valence-corrected chi connectivity index (χ0v) is 11.6. The number of carbonyl (C=O) groups excluding carboxylic acids is 1. The third-order valence-electron chi connectivity index (χ3n) is 3.79. The largest absolute Gasteiger partial charge is 0.481 e. The number of rotatable bonds is 3. The molecule has 1 N–H and O–H groups in total. The molecule has 4 nitrogen and oxygen atoms in total. The molecule has 1 saturated heterocycles. The standard InChI is InChI=1S/C14H16ClNO3/c1-8(14(18)19)10-6-16(7-10)13(17)11-4-3-5-12(15)9(11)2/h3-5,8,10H,6-7H2,1-2H3,(H,18,19). The molecule has 1 unspecified atom stereocenters. The van der Waals surface area contributed by atoms with Crippen LogP contribution in [0.15, 0.2) is 18.2 Å². The van der Waals surface area contributed by atoms with Crippen molar-refractivity contribution in [2.75, 3.05) is 13.1 Å². The summed E-state index contributed by atoms with van der Waals surface area (Å²) in [5.74, 6) is -1.25. The van der Waals surface area contributed by atoms with E-state index in [-0.39, 0.29) is 11.8 Å². The highest BCUT2D eigenvalue weighted by molar-refractivity contribution is 6.31. The van der Waals surface area contributed by atoms with Gasteiger partial charge in [0.1, 0.15) is 0 Å². The summed E-state index contributed by atoms with van der Waals surface area (Å²) in [6, 6.07) is 5.25. The van der Waals surface area contributed by atoms with Gasteiger partial charge in [-0.25, -0.2) is 0 Å². The SMILES string of the molecule is Cc1c(Cl)cccc1C(=O)N1CC(C(C)C(=O)O)C1. The van der Waals surface area contributed by atoms with E-state index in [1.165, 1.54) is 0 Å². The molecule has 0 radical (unpaired) electrons. The number of benzene rings is 1. The van der Waals surface area contributed by atoms with E-state index in [1.54, 1.807) is 30.0 Å². The summed E-state index contributed by atoms with van der Waals surface area (Å²) in [5, 5.41) is 9.49. The van der Waals surface area contributed by atoms with Crippen molar-refractivity contribution in [1.29, 1.82) is 0 Å². The van der Waals surface area contributed by atoms with Crippen molar-refractivity contribution in [3.8, 4) is 0 Å². The first-order chi connectivity index (χ1) is 8.91. The predicted molar refractivity (Wildman–Crippen MR) is 72.4 cm³/mol. The normalized spacial score (nSPS) is 16.9. The van der Waals surface area contributed by atoms with Crippen LogP contribution in [0.2, 0.25) is 5.02 Å². The van der Waals surface area contributed by atoms with Crippen LogP contribution in [0.4, 0.5) is 0 Å². The first-order valence-corrected chi connectivity index (χ1v) is 6.56. The number of aliphatic carboxylic acids is 1. The van der Waals surface area contributed by atoms with Crippen molar-refractivity contribution in [3.05, 3.63) is 34.3 Å².